The van der Waals surface area contributed by atoms with Crippen LogP contribution in [0.25, 0.3) is 0 Å². The third kappa shape index (κ3) is 3.86. The zero-order valence-corrected chi connectivity index (χ0v) is 13.5. The molecule has 1 atom stereocenters. The molecule has 4 nitrogen and oxygen atoms in total. The molecule has 0 saturated heterocycles. The van der Waals surface area contributed by atoms with E-state index in [2.05, 4.69) is 5.32 Å². The fraction of sp³-hybridized carbons (Fsp3) is 0.200. The van der Waals surface area contributed by atoms with E-state index in [1.165, 1.54) is 14.2 Å². The number of hydrogen-bond donors (Lipinski definition) is 1. The Balaban J connectivity index is 2.37. The molecule has 0 aliphatic rings. The Morgan fingerprint density at radius 2 is 1.57 bits per heavy atom. The van der Waals surface area contributed by atoms with Crippen molar-refractivity contribution in [2.24, 2.45) is 0 Å². The summed E-state index contributed by atoms with van der Waals surface area (Å²) < 4.78 is 23.1. The summed E-state index contributed by atoms with van der Waals surface area (Å²) in [5.74, 6) is -0.602. The van der Waals surface area contributed by atoms with E-state index in [9.17, 15) is 4.57 Å². The van der Waals surface area contributed by atoms with Gasteiger partial charge in [-0.15, -0.1) is 0 Å². The van der Waals surface area contributed by atoms with Gasteiger partial charge in [0.15, 0.2) is 5.78 Å². The number of benzene rings is 2. The minimum atomic E-state index is -3.33. The maximum absolute atomic E-state index is 12.8. The van der Waals surface area contributed by atoms with Gasteiger partial charge < -0.3 is 14.4 Å². The van der Waals surface area contributed by atoms with Crippen LogP contribution in [-0.2, 0) is 13.6 Å². The van der Waals surface area contributed by atoms with Crippen molar-refractivity contribution in [2.45, 2.75) is 5.78 Å². The standard InChI is InChI=1S/C15H17ClNO3P/c1-19-21(18,20-2)15(12-6-4-3-5-7-12)17-14-10-8-13(16)9-11-14/h3-11,15,17H,1-2H3/t15-/m0/s1. The van der Waals surface area contributed by atoms with Gasteiger partial charge in [-0.3, -0.25) is 4.57 Å². The lowest BCUT2D eigenvalue weighted by Crippen LogP contribution is -2.13. The Morgan fingerprint density at radius 1 is 1.00 bits per heavy atom. The monoisotopic (exact) mass is 325 g/mol. The summed E-state index contributed by atoms with van der Waals surface area (Å²) >= 11 is 5.88. The molecule has 112 valence electrons. The first-order valence-corrected chi connectivity index (χ1v) is 8.36. The summed E-state index contributed by atoms with van der Waals surface area (Å²) in [4.78, 5) is 0. The van der Waals surface area contributed by atoms with Crippen LogP contribution in [-0.4, -0.2) is 14.2 Å². The molecule has 0 unspecified atom stereocenters. The number of rotatable bonds is 6. The van der Waals surface area contributed by atoms with E-state index in [4.69, 9.17) is 20.6 Å². The number of nitrogens with one attached hydrogen (secondary N) is 1. The van der Waals surface area contributed by atoms with E-state index in [-0.39, 0.29) is 0 Å². The van der Waals surface area contributed by atoms with Crippen molar-refractivity contribution in [3.8, 4) is 0 Å². The minimum absolute atomic E-state index is 0.602. The van der Waals surface area contributed by atoms with Gasteiger partial charge >= 0.3 is 7.60 Å². The van der Waals surface area contributed by atoms with E-state index in [1.807, 2.05) is 42.5 Å². The molecular formula is C15H17ClNO3P. The molecule has 21 heavy (non-hydrogen) atoms. The maximum atomic E-state index is 12.8. The highest BCUT2D eigenvalue weighted by molar-refractivity contribution is 7.54. The zero-order valence-electron chi connectivity index (χ0n) is 11.8. The van der Waals surface area contributed by atoms with E-state index >= 15 is 0 Å². The van der Waals surface area contributed by atoms with Gasteiger partial charge in [0.05, 0.1) is 0 Å². The van der Waals surface area contributed by atoms with Crippen LogP contribution in [0.4, 0.5) is 5.69 Å². The van der Waals surface area contributed by atoms with Crippen molar-refractivity contribution in [3.63, 3.8) is 0 Å². The van der Waals surface area contributed by atoms with Gasteiger partial charge in [0, 0.05) is 24.9 Å². The van der Waals surface area contributed by atoms with Crippen molar-refractivity contribution < 1.29 is 13.6 Å². The van der Waals surface area contributed by atoms with Gasteiger partial charge in [0.1, 0.15) is 0 Å². The molecule has 0 bridgehead atoms. The lowest BCUT2D eigenvalue weighted by Gasteiger charge is -2.26. The average Bonchev–Trinajstić information content (AvgIpc) is 2.54. The molecule has 0 saturated carbocycles. The number of halogens is 1. The van der Waals surface area contributed by atoms with Crippen molar-refractivity contribution in [1.29, 1.82) is 0 Å². The van der Waals surface area contributed by atoms with Crippen LogP contribution in [0.15, 0.2) is 54.6 Å². The average molecular weight is 326 g/mol. The van der Waals surface area contributed by atoms with E-state index in [0.29, 0.717) is 5.02 Å². The summed E-state index contributed by atoms with van der Waals surface area (Å²) in [7, 11) is -0.577. The Hall–Kier alpha value is -1.32. The minimum Gasteiger partial charge on any atom is -0.368 e. The van der Waals surface area contributed by atoms with Crippen molar-refractivity contribution in [3.05, 3.63) is 65.2 Å². The summed E-state index contributed by atoms with van der Waals surface area (Å²) in [6.07, 6.45) is 0. The van der Waals surface area contributed by atoms with E-state index in [1.54, 1.807) is 12.1 Å². The molecule has 6 heteroatoms. The van der Waals surface area contributed by atoms with Crippen LogP contribution >= 0.6 is 19.2 Å². The zero-order chi connectivity index (χ0) is 15.3. The summed E-state index contributed by atoms with van der Waals surface area (Å²) in [6.45, 7) is 0. The summed E-state index contributed by atoms with van der Waals surface area (Å²) in [6, 6.07) is 16.5. The van der Waals surface area contributed by atoms with E-state index in [0.717, 1.165) is 11.3 Å². The normalized spacial score (nSPS) is 12.9. The molecule has 2 aromatic carbocycles. The first-order chi connectivity index (χ1) is 10.1. The van der Waals surface area contributed by atoms with Crippen LogP contribution in [0.2, 0.25) is 5.02 Å². The smallest absolute Gasteiger partial charge is 0.356 e. The van der Waals surface area contributed by atoms with Crippen LogP contribution in [0.5, 0.6) is 0 Å². The van der Waals surface area contributed by atoms with E-state index < -0.39 is 13.4 Å². The third-order valence-electron chi connectivity index (χ3n) is 3.09. The molecule has 0 radical (unpaired) electrons. The third-order valence-corrected chi connectivity index (χ3v) is 5.42. The van der Waals surface area contributed by atoms with Crippen LogP contribution in [0.1, 0.15) is 11.3 Å². The molecule has 2 rings (SSSR count). The van der Waals surface area contributed by atoms with Gasteiger partial charge in [-0.25, -0.2) is 0 Å². The summed E-state index contributed by atoms with van der Waals surface area (Å²) in [5, 5.41) is 3.83. The molecule has 1 N–H and O–H groups in total. The molecule has 0 fully saturated rings. The van der Waals surface area contributed by atoms with Gasteiger partial charge in [0.2, 0.25) is 0 Å². The fourth-order valence-corrected chi connectivity index (χ4v) is 3.51. The first-order valence-electron chi connectivity index (χ1n) is 6.37. The van der Waals surface area contributed by atoms with Gasteiger partial charge in [-0.05, 0) is 29.8 Å². The van der Waals surface area contributed by atoms with Gasteiger partial charge in [-0.2, -0.15) is 0 Å². The molecule has 0 amide bonds. The first kappa shape index (κ1) is 16.1. The van der Waals surface area contributed by atoms with Gasteiger partial charge in [0.25, 0.3) is 0 Å². The molecule has 0 aromatic heterocycles. The Labute approximate surface area is 129 Å². The SMILES string of the molecule is COP(=O)(OC)[C@H](Nc1ccc(Cl)cc1)c1ccccc1. The number of anilines is 1. The quantitative estimate of drug-likeness (QED) is 0.764. The largest absolute Gasteiger partial charge is 0.368 e. The second-order valence-corrected chi connectivity index (χ2v) is 7.13. The second kappa shape index (κ2) is 7.10. The van der Waals surface area contributed by atoms with Crippen molar-refractivity contribution in [1.82, 2.24) is 0 Å². The topological polar surface area (TPSA) is 47.6 Å². The highest BCUT2D eigenvalue weighted by atomic mass is 35.5. The van der Waals surface area contributed by atoms with Gasteiger partial charge in [-0.1, -0.05) is 41.9 Å². The Kier molecular flexibility index (Phi) is 5.43. The van der Waals surface area contributed by atoms with Crippen molar-refractivity contribution >= 4 is 24.9 Å². The Morgan fingerprint density at radius 3 is 2.10 bits per heavy atom. The maximum Gasteiger partial charge on any atom is 0.356 e. The van der Waals surface area contributed by atoms with Crippen LogP contribution in [0.3, 0.4) is 0 Å². The highest BCUT2D eigenvalue weighted by Crippen LogP contribution is 2.59. The second-order valence-electron chi connectivity index (χ2n) is 4.37. The molecule has 0 heterocycles. The number of hydrogen-bond acceptors (Lipinski definition) is 4. The lowest BCUT2D eigenvalue weighted by molar-refractivity contribution is 0.268. The lowest BCUT2D eigenvalue weighted by atomic mass is 10.2. The molecule has 2 aromatic rings. The molecule has 0 spiro atoms. The molecule has 0 aliphatic heterocycles. The highest BCUT2D eigenvalue weighted by Gasteiger charge is 2.35. The van der Waals surface area contributed by atoms with Crippen LogP contribution in [0, 0.1) is 0 Å². The van der Waals surface area contributed by atoms with Crippen LogP contribution < -0.4 is 5.32 Å². The predicted octanol–water partition coefficient (Wildman–Crippen LogP) is 4.94. The van der Waals surface area contributed by atoms with Crippen molar-refractivity contribution in [2.75, 3.05) is 19.5 Å². The molecular weight excluding hydrogens is 309 g/mol. The predicted molar refractivity (Wildman–Crippen MR) is 85.9 cm³/mol. The molecule has 0 aliphatic carbocycles. The Bertz CT molecular complexity index is 611. The fourth-order valence-electron chi connectivity index (χ4n) is 1.97. The summed E-state index contributed by atoms with van der Waals surface area (Å²) in [5.41, 5.74) is 1.60.